The number of hydrogen-bond acceptors (Lipinski definition) is 4. The van der Waals surface area contributed by atoms with Crippen molar-refractivity contribution >= 4 is 45.1 Å². The molecule has 1 saturated heterocycles. The number of piperidine rings is 1. The van der Waals surface area contributed by atoms with Crippen LogP contribution < -0.4 is 5.76 Å². The Labute approximate surface area is 181 Å². The van der Waals surface area contributed by atoms with Crippen LogP contribution in [0.5, 0.6) is 0 Å². The van der Waals surface area contributed by atoms with Crippen molar-refractivity contribution in [2.45, 2.75) is 24.2 Å². The standard InChI is InChI=1S/C21H22Cl2N2O3S/c22-17-3-1-15(12-18(17)23)11-14-5-7-25(8-6-14)9-10-29(27)16-2-4-19-20(13-16)28-21(26)24-19/h1-4,12-14H,5-11H2,(H,24,26). The molecule has 1 aliphatic heterocycles. The van der Waals surface area contributed by atoms with Gasteiger partial charge < -0.3 is 9.32 Å². The molecule has 3 aromatic rings. The van der Waals surface area contributed by atoms with E-state index in [0.29, 0.717) is 37.7 Å². The fourth-order valence-corrected chi connectivity index (χ4v) is 5.25. The van der Waals surface area contributed by atoms with E-state index in [0.717, 1.165) is 38.9 Å². The molecular weight excluding hydrogens is 431 g/mol. The lowest BCUT2D eigenvalue weighted by atomic mass is 9.90. The number of oxazole rings is 1. The molecule has 0 aliphatic carbocycles. The van der Waals surface area contributed by atoms with Gasteiger partial charge in [-0.15, -0.1) is 0 Å². The number of nitrogens with zero attached hydrogens (tertiary/aromatic N) is 1. The molecular formula is C21H22Cl2N2O3S. The number of likely N-dealkylation sites (tertiary alicyclic amines) is 1. The van der Waals surface area contributed by atoms with E-state index in [9.17, 15) is 9.00 Å². The number of aromatic nitrogens is 1. The second kappa shape index (κ2) is 9.04. The minimum absolute atomic E-state index is 0.448. The average Bonchev–Trinajstić information content (AvgIpc) is 3.09. The van der Waals surface area contributed by atoms with Crippen LogP contribution in [0.1, 0.15) is 18.4 Å². The van der Waals surface area contributed by atoms with Gasteiger partial charge in [0.25, 0.3) is 0 Å². The van der Waals surface area contributed by atoms with E-state index in [1.807, 2.05) is 18.2 Å². The summed E-state index contributed by atoms with van der Waals surface area (Å²) in [5.74, 6) is 0.706. The van der Waals surface area contributed by atoms with E-state index < -0.39 is 16.6 Å². The summed E-state index contributed by atoms with van der Waals surface area (Å²) in [6.07, 6.45) is 3.25. The van der Waals surface area contributed by atoms with E-state index in [1.54, 1.807) is 18.2 Å². The highest BCUT2D eigenvalue weighted by Crippen LogP contribution is 2.27. The Morgan fingerprint density at radius 2 is 1.90 bits per heavy atom. The molecule has 1 fully saturated rings. The number of benzene rings is 2. The van der Waals surface area contributed by atoms with Crippen molar-refractivity contribution in [3.05, 3.63) is 62.6 Å². The van der Waals surface area contributed by atoms with Crippen molar-refractivity contribution in [2.75, 3.05) is 25.4 Å². The Balaban J connectivity index is 1.26. The third-order valence-corrected chi connectivity index (χ3v) is 7.54. The highest BCUT2D eigenvalue weighted by Gasteiger charge is 2.20. The van der Waals surface area contributed by atoms with Gasteiger partial charge in [-0.1, -0.05) is 29.3 Å². The zero-order valence-corrected chi connectivity index (χ0v) is 18.2. The first-order chi connectivity index (χ1) is 14.0. The molecule has 2 heterocycles. The Morgan fingerprint density at radius 3 is 2.66 bits per heavy atom. The maximum absolute atomic E-state index is 12.6. The van der Waals surface area contributed by atoms with E-state index in [1.165, 1.54) is 5.56 Å². The number of hydrogen-bond donors (Lipinski definition) is 1. The Morgan fingerprint density at radius 1 is 1.10 bits per heavy atom. The van der Waals surface area contributed by atoms with Gasteiger partial charge in [-0.3, -0.25) is 9.19 Å². The minimum atomic E-state index is -1.12. The van der Waals surface area contributed by atoms with Crippen LogP contribution in [-0.4, -0.2) is 39.5 Å². The lowest BCUT2D eigenvalue weighted by molar-refractivity contribution is 0.193. The summed E-state index contributed by atoms with van der Waals surface area (Å²) in [5.41, 5.74) is 2.30. The smallest absolute Gasteiger partial charge is 0.408 e. The highest BCUT2D eigenvalue weighted by molar-refractivity contribution is 7.85. The van der Waals surface area contributed by atoms with Gasteiger partial charge in [0.15, 0.2) is 5.58 Å². The van der Waals surface area contributed by atoms with E-state index in [4.69, 9.17) is 27.6 Å². The van der Waals surface area contributed by atoms with Gasteiger partial charge in [-0.05, 0) is 74.2 Å². The second-order valence-electron chi connectivity index (χ2n) is 7.46. The maximum atomic E-state index is 12.6. The molecule has 2 aromatic carbocycles. The van der Waals surface area contributed by atoms with Crippen LogP contribution in [0.3, 0.4) is 0 Å². The van der Waals surface area contributed by atoms with Crippen molar-refractivity contribution in [1.82, 2.24) is 9.88 Å². The molecule has 0 saturated carbocycles. The molecule has 0 radical (unpaired) electrons. The van der Waals surface area contributed by atoms with Gasteiger partial charge in [0.05, 0.1) is 26.4 Å². The van der Waals surface area contributed by atoms with Gasteiger partial charge >= 0.3 is 5.76 Å². The molecule has 1 N–H and O–H groups in total. The van der Waals surface area contributed by atoms with Crippen LogP contribution >= 0.6 is 23.2 Å². The minimum Gasteiger partial charge on any atom is -0.408 e. The zero-order valence-electron chi connectivity index (χ0n) is 15.8. The summed E-state index contributed by atoms with van der Waals surface area (Å²) >= 11 is 12.1. The number of rotatable bonds is 6. The summed E-state index contributed by atoms with van der Waals surface area (Å²) in [7, 11) is -1.12. The van der Waals surface area contributed by atoms with E-state index >= 15 is 0 Å². The molecule has 4 rings (SSSR count). The molecule has 8 heteroatoms. The van der Waals surface area contributed by atoms with E-state index in [-0.39, 0.29) is 0 Å². The summed E-state index contributed by atoms with van der Waals surface area (Å²) in [4.78, 5) is 16.9. The van der Waals surface area contributed by atoms with Crippen molar-refractivity contribution in [3.8, 4) is 0 Å². The Hall–Kier alpha value is -1.60. The van der Waals surface area contributed by atoms with Crippen LogP contribution in [0.2, 0.25) is 10.0 Å². The van der Waals surface area contributed by atoms with Crippen molar-refractivity contribution in [3.63, 3.8) is 0 Å². The SMILES string of the molecule is O=c1[nH]c2ccc(S(=O)CCN3CCC(Cc4ccc(Cl)c(Cl)c4)CC3)cc2o1. The molecule has 1 aromatic heterocycles. The highest BCUT2D eigenvalue weighted by atomic mass is 35.5. The topological polar surface area (TPSA) is 66.3 Å². The van der Waals surface area contributed by atoms with Crippen LogP contribution in [-0.2, 0) is 17.2 Å². The third-order valence-electron chi connectivity index (χ3n) is 5.46. The summed E-state index contributed by atoms with van der Waals surface area (Å²) < 4.78 is 17.7. The Bertz CT molecular complexity index is 1090. The first-order valence-corrected chi connectivity index (χ1v) is 11.7. The quantitative estimate of drug-likeness (QED) is 0.597. The fraction of sp³-hybridized carbons (Fsp3) is 0.381. The fourth-order valence-electron chi connectivity index (χ4n) is 3.81. The molecule has 1 atom stereocenters. The molecule has 29 heavy (non-hydrogen) atoms. The zero-order chi connectivity index (χ0) is 20.4. The van der Waals surface area contributed by atoms with Gasteiger partial charge in [0.1, 0.15) is 0 Å². The lowest BCUT2D eigenvalue weighted by Crippen LogP contribution is -2.36. The maximum Gasteiger partial charge on any atom is 0.417 e. The van der Waals surface area contributed by atoms with Crippen molar-refractivity contribution in [1.29, 1.82) is 0 Å². The molecule has 0 spiro atoms. The summed E-state index contributed by atoms with van der Waals surface area (Å²) in [5, 5.41) is 1.21. The molecule has 1 unspecified atom stereocenters. The van der Waals surface area contributed by atoms with Crippen LogP contribution in [0.25, 0.3) is 11.1 Å². The summed E-state index contributed by atoms with van der Waals surface area (Å²) in [6, 6.07) is 11.1. The second-order valence-corrected chi connectivity index (χ2v) is 9.84. The van der Waals surface area contributed by atoms with Crippen LogP contribution in [0.4, 0.5) is 0 Å². The van der Waals surface area contributed by atoms with Gasteiger partial charge in [-0.25, -0.2) is 4.79 Å². The van der Waals surface area contributed by atoms with Gasteiger partial charge in [-0.2, -0.15) is 0 Å². The lowest BCUT2D eigenvalue weighted by Gasteiger charge is -2.32. The van der Waals surface area contributed by atoms with Gasteiger partial charge in [0, 0.05) is 17.2 Å². The van der Waals surface area contributed by atoms with E-state index in [2.05, 4.69) is 9.88 Å². The molecule has 154 valence electrons. The van der Waals surface area contributed by atoms with Crippen molar-refractivity contribution in [2.24, 2.45) is 5.92 Å². The largest absolute Gasteiger partial charge is 0.417 e. The number of aromatic amines is 1. The molecule has 0 bridgehead atoms. The summed E-state index contributed by atoms with van der Waals surface area (Å²) in [6.45, 7) is 2.81. The first-order valence-electron chi connectivity index (χ1n) is 9.65. The molecule has 5 nitrogen and oxygen atoms in total. The molecule has 1 aliphatic rings. The third kappa shape index (κ3) is 5.12. The number of halogens is 2. The number of nitrogens with one attached hydrogen (secondary N) is 1. The number of H-pyrrole nitrogens is 1. The predicted octanol–water partition coefficient (Wildman–Crippen LogP) is 4.49. The van der Waals surface area contributed by atoms with Crippen LogP contribution in [0, 0.1) is 5.92 Å². The average molecular weight is 453 g/mol. The number of fused-ring (bicyclic) bond motifs is 1. The normalized spacial score (nSPS) is 17.0. The monoisotopic (exact) mass is 452 g/mol. The van der Waals surface area contributed by atoms with Crippen LogP contribution in [0.15, 0.2) is 50.5 Å². The predicted molar refractivity (Wildman–Crippen MR) is 117 cm³/mol. The first kappa shape index (κ1) is 20.7. The van der Waals surface area contributed by atoms with Gasteiger partial charge in [0.2, 0.25) is 0 Å². The van der Waals surface area contributed by atoms with Crippen molar-refractivity contribution < 1.29 is 8.63 Å². The molecule has 0 amide bonds. The Kier molecular flexibility index (Phi) is 6.44.